The highest BCUT2D eigenvalue weighted by molar-refractivity contribution is 6.35. The molecule has 0 bridgehead atoms. The Balaban J connectivity index is 1.84. The van der Waals surface area contributed by atoms with Gasteiger partial charge in [-0.3, -0.25) is 19.9 Å². The number of hydrogen-bond acceptors (Lipinski definition) is 6. The van der Waals surface area contributed by atoms with E-state index < -0.39 is 21.9 Å². The van der Waals surface area contributed by atoms with E-state index in [9.17, 15) is 19.7 Å². The highest BCUT2D eigenvalue weighted by Crippen LogP contribution is 2.31. The molecular formula is C20H15Cl2N3O6. The zero-order valence-electron chi connectivity index (χ0n) is 16.0. The topological polar surface area (TPSA) is 127 Å². The first-order valence-electron chi connectivity index (χ1n) is 8.72. The third-order valence-corrected chi connectivity index (χ3v) is 4.74. The molecule has 0 aliphatic heterocycles. The molecule has 0 unspecified atom stereocenters. The van der Waals surface area contributed by atoms with Gasteiger partial charge < -0.3 is 14.5 Å². The van der Waals surface area contributed by atoms with E-state index >= 15 is 0 Å². The third kappa shape index (κ3) is 5.33. The van der Waals surface area contributed by atoms with Crippen LogP contribution in [-0.4, -0.2) is 22.0 Å². The maximum absolute atomic E-state index is 11.7. The number of benzene rings is 2. The van der Waals surface area contributed by atoms with E-state index in [4.69, 9.17) is 32.7 Å². The maximum Gasteiger partial charge on any atom is 0.357 e. The number of methoxy groups -OCH3 is 1. The van der Waals surface area contributed by atoms with Crippen LogP contribution in [0.4, 0.5) is 5.69 Å². The van der Waals surface area contributed by atoms with Crippen molar-refractivity contribution in [1.82, 2.24) is 9.97 Å². The van der Waals surface area contributed by atoms with Gasteiger partial charge in [0, 0.05) is 15.6 Å². The van der Waals surface area contributed by atoms with Gasteiger partial charge in [-0.25, -0.2) is 4.79 Å². The van der Waals surface area contributed by atoms with Crippen LogP contribution in [0.5, 0.6) is 11.5 Å². The molecule has 160 valence electrons. The van der Waals surface area contributed by atoms with Crippen LogP contribution in [0.1, 0.15) is 16.8 Å². The van der Waals surface area contributed by atoms with Gasteiger partial charge in [0.15, 0.2) is 11.5 Å². The lowest BCUT2D eigenvalue weighted by Crippen LogP contribution is -2.25. The lowest BCUT2D eigenvalue weighted by atomic mass is 10.1. The number of nitro groups is 1. The van der Waals surface area contributed by atoms with E-state index in [1.165, 1.54) is 19.3 Å². The number of nitrogens with zero attached hydrogens (tertiary/aromatic N) is 1. The second-order valence-electron chi connectivity index (χ2n) is 6.20. The van der Waals surface area contributed by atoms with E-state index in [-0.39, 0.29) is 12.3 Å². The number of ether oxygens (including phenoxy) is 2. The van der Waals surface area contributed by atoms with Crippen molar-refractivity contribution in [2.24, 2.45) is 0 Å². The Kier molecular flexibility index (Phi) is 6.78. The zero-order valence-corrected chi connectivity index (χ0v) is 17.5. The predicted molar refractivity (Wildman–Crippen MR) is 117 cm³/mol. The van der Waals surface area contributed by atoms with Crippen LogP contribution in [0.3, 0.4) is 0 Å². The van der Waals surface area contributed by atoms with E-state index in [1.54, 1.807) is 36.4 Å². The van der Waals surface area contributed by atoms with E-state index in [0.29, 0.717) is 27.1 Å². The number of hydrogen-bond donors (Lipinski definition) is 2. The van der Waals surface area contributed by atoms with Crippen molar-refractivity contribution in [2.45, 2.75) is 6.61 Å². The molecule has 3 rings (SSSR count). The second kappa shape index (κ2) is 9.50. The highest BCUT2D eigenvalue weighted by atomic mass is 35.5. The monoisotopic (exact) mass is 463 g/mol. The van der Waals surface area contributed by atoms with Crippen LogP contribution in [0, 0.1) is 10.1 Å². The SMILES string of the molecule is COc1cc(/C=C\c2[nH]c(=O)[nH]c(=O)c2[N+](=O)[O-])ccc1OCc1ccc(Cl)cc1Cl. The molecule has 0 amide bonds. The zero-order chi connectivity index (χ0) is 22.5. The molecule has 3 aromatic rings. The molecule has 31 heavy (non-hydrogen) atoms. The van der Waals surface area contributed by atoms with Crippen LogP contribution in [-0.2, 0) is 6.61 Å². The molecule has 0 radical (unpaired) electrons. The normalized spacial score (nSPS) is 10.9. The minimum Gasteiger partial charge on any atom is -0.493 e. The fourth-order valence-corrected chi connectivity index (χ4v) is 3.14. The summed E-state index contributed by atoms with van der Waals surface area (Å²) >= 11 is 12.0. The van der Waals surface area contributed by atoms with Crippen LogP contribution >= 0.6 is 23.2 Å². The predicted octanol–water partition coefficient (Wildman–Crippen LogP) is 4.04. The molecular weight excluding hydrogens is 449 g/mol. The summed E-state index contributed by atoms with van der Waals surface area (Å²) in [4.78, 5) is 37.5. The average Bonchev–Trinajstić information content (AvgIpc) is 2.71. The summed E-state index contributed by atoms with van der Waals surface area (Å²) < 4.78 is 11.1. The van der Waals surface area contributed by atoms with Gasteiger partial charge in [0.2, 0.25) is 0 Å². The molecule has 0 atom stereocenters. The summed E-state index contributed by atoms with van der Waals surface area (Å²) in [5, 5.41) is 12.1. The summed E-state index contributed by atoms with van der Waals surface area (Å²) in [6, 6.07) is 10.0. The fourth-order valence-electron chi connectivity index (χ4n) is 2.68. The molecule has 0 saturated carbocycles. The summed E-state index contributed by atoms with van der Waals surface area (Å²) in [5.41, 5.74) is -1.60. The quantitative estimate of drug-likeness (QED) is 0.402. The average molecular weight is 464 g/mol. The number of H-pyrrole nitrogens is 2. The van der Waals surface area contributed by atoms with Gasteiger partial charge in [0.25, 0.3) is 0 Å². The molecule has 9 nitrogen and oxygen atoms in total. The van der Waals surface area contributed by atoms with E-state index in [0.717, 1.165) is 5.56 Å². The van der Waals surface area contributed by atoms with Gasteiger partial charge in [0.05, 0.1) is 12.0 Å². The van der Waals surface area contributed by atoms with E-state index in [1.807, 2.05) is 4.98 Å². The van der Waals surface area contributed by atoms with Gasteiger partial charge in [-0.1, -0.05) is 41.4 Å². The van der Waals surface area contributed by atoms with Gasteiger partial charge in [-0.15, -0.1) is 0 Å². The van der Waals surface area contributed by atoms with Crippen molar-refractivity contribution in [3.63, 3.8) is 0 Å². The molecule has 1 heterocycles. The molecule has 0 fully saturated rings. The Morgan fingerprint density at radius 1 is 1.06 bits per heavy atom. The summed E-state index contributed by atoms with van der Waals surface area (Å²) in [6.45, 7) is 0.182. The highest BCUT2D eigenvalue weighted by Gasteiger charge is 2.18. The molecule has 0 aliphatic rings. The van der Waals surface area contributed by atoms with Gasteiger partial charge in [0.1, 0.15) is 12.3 Å². The van der Waals surface area contributed by atoms with Crippen LogP contribution in [0.2, 0.25) is 10.0 Å². The maximum atomic E-state index is 11.7. The first-order valence-corrected chi connectivity index (χ1v) is 9.48. The van der Waals surface area contributed by atoms with Gasteiger partial charge in [-0.05, 0) is 35.9 Å². The smallest absolute Gasteiger partial charge is 0.357 e. The largest absolute Gasteiger partial charge is 0.493 e. The standard InChI is InChI=1S/C20H15Cl2N3O6/c1-30-17-8-11(2-6-15-18(25(28)29)19(26)24-20(27)23-15)3-7-16(17)31-10-12-4-5-13(21)9-14(12)22/h2-9H,10H2,1H3,(H2,23,24,26,27)/b6-2-. The van der Waals surface area contributed by atoms with Crippen molar-refractivity contribution >= 4 is 41.0 Å². The number of rotatable bonds is 7. The Labute approximate surface area is 185 Å². The van der Waals surface area contributed by atoms with Crippen LogP contribution < -0.4 is 20.7 Å². The van der Waals surface area contributed by atoms with Crippen molar-refractivity contribution in [3.05, 3.63) is 94.2 Å². The number of nitrogens with one attached hydrogen (secondary N) is 2. The number of aromatic nitrogens is 2. The lowest BCUT2D eigenvalue weighted by Gasteiger charge is -2.12. The molecule has 2 aromatic carbocycles. The molecule has 0 saturated heterocycles. The second-order valence-corrected chi connectivity index (χ2v) is 7.04. The molecule has 0 spiro atoms. The Morgan fingerprint density at radius 2 is 1.84 bits per heavy atom. The molecule has 2 N–H and O–H groups in total. The van der Waals surface area contributed by atoms with Crippen LogP contribution in [0.25, 0.3) is 12.2 Å². The number of halogens is 2. The third-order valence-electron chi connectivity index (χ3n) is 4.16. The molecule has 1 aromatic heterocycles. The van der Waals surface area contributed by atoms with Crippen molar-refractivity contribution in [2.75, 3.05) is 7.11 Å². The Hall–Kier alpha value is -3.56. The minimum absolute atomic E-state index is 0.182. The van der Waals surface area contributed by atoms with Crippen molar-refractivity contribution in [1.29, 1.82) is 0 Å². The van der Waals surface area contributed by atoms with Crippen molar-refractivity contribution in [3.8, 4) is 11.5 Å². The van der Waals surface area contributed by atoms with Gasteiger partial charge >= 0.3 is 16.9 Å². The van der Waals surface area contributed by atoms with E-state index in [2.05, 4.69) is 4.98 Å². The fraction of sp³-hybridized carbons (Fsp3) is 0.100. The first-order chi connectivity index (χ1) is 14.8. The lowest BCUT2D eigenvalue weighted by molar-refractivity contribution is -0.386. The summed E-state index contributed by atoms with van der Waals surface area (Å²) in [6.07, 6.45) is 2.75. The van der Waals surface area contributed by atoms with Crippen molar-refractivity contribution < 1.29 is 14.4 Å². The molecule has 0 aliphatic carbocycles. The van der Waals surface area contributed by atoms with Crippen LogP contribution in [0.15, 0.2) is 46.0 Å². The first kappa shape index (κ1) is 22.1. The summed E-state index contributed by atoms with van der Waals surface area (Å²) in [7, 11) is 1.46. The minimum atomic E-state index is -1.09. The number of aromatic amines is 2. The van der Waals surface area contributed by atoms with Gasteiger partial charge in [-0.2, -0.15) is 0 Å². The Morgan fingerprint density at radius 3 is 2.52 bits per heavy atom. The Bertz CT molecular complexity index is 1280. The molecule has 11 heteroatoms. The summed E-state index contributed by atoms with van der Waals surface area (Å²) in [5.74, 6) is 0.849.